The van der Waals surface area contributed by atoms with Crippen molar-refractivity contribution in [3.8, 4) is 11.8 Å². The van der Waals surface area contributed by atoms with E-state index in [0.29, 0.717) is 12.0 Å². The van der Waals surface area contributed by atoms with Crippen molar-refractivity contribution in [2.45, 2.75) is 20.3 Å². The van der Waals surface area contributed by atoms with E-state index in [1.54, 1.807) is 13.8 Å². The van der Waals surface area contributed by atoms with E-state index in [4.69, 9.17) is 10.2 Å². The highest BCUT2D eigenvalue weighted by Crippen LogP contribution is 2.00. The second-order valence-electron chi connectivity index (χ2n) is 1.71. The van der Waals surface area contributed by atoms with E-state index in [9.17, 15) is 0 Å². The second-order valence-corrected chi connectivity index (χ2v) is 1.71. The van der Waals surface area contributed by atoms with E-state index in [1.165, 1.54) is 0 Å². The van der Waals surface area contributed by atoms with Gasteiger partial charge in [0.1, 0.15) is 0 Å². The molecule has 0 saturated carbocycles. The summed E-state index contributed by atoms with van der Waals surface area (Å²) < 4.78 is 0. The van der Waals surface area contributed by atoms with Crippen LogP contribution in [-0.4, -0.2) is 10.2 Å². The molecule has 0 rings (SSSR count). The molecule has 0 radical (unpaired) electrons. The molecule has 0 atom stereocenters. The Labute approximate surface area is 54.8 Å². The molecule has 0 aliphatic heterocycles. The van der Waals surface area contributed by atoms with E-state index in [-0.39, 0.29) is 0 Å². The minimum atomic E-state index is -0.613. The van der Waals surface area contributed by atoms with Gasteiger partial charge in [-0.05, 0) is 13.8 Å². The van der Waals surface area contributed by atoms with Gasteiger partial charge in [0, 0.05) is 12.0 Å². The summed E-state index contributed by atoms with van der Waals surface area (Å²) >= 11 is 0. The van der Waals surface area contributed by atoms with Gasteiger partial charge in [-0.15, -0.1) is 5.92 Å². The number of aliphatic hydroxyl groups is 2. The zero-order valence-electron chi connectivity index (χ0n) is 5.60. The Kier molecular flexibility index (Phi) is 3.38. The average Bonchev–Trinajstić information content (AvgIpc) is 1.82. The Morgan fingerprint density at radius 3 is 2.33 bits per heavy atom. The van der Waals surface area contributed by atoms with Crippen LogP contribution < -0.4 is 0 Å². The van der Waals surface area contributed by atoms with Crippen molar-refractivity contribution >= 4 is 0 Å². The summed E-state index contributed by atoms with van der Waals surface area (Å²) in [6.07, 6.45) is 0.429. The predicted octanol–water partition coefficient (Wildman–Crippen LogP) is 1.75. The van der Waals surface area contributed by atoms with Crippen molar-refractivity contribution in [2.75, 3.05) is 0 Å². The van der Waals surface area contributed by atoms with Gasteiger partial charge in [0.2, 0.25) is 0 Å². The summed E-state index contributed by atoms with van der Waals surface area (Å²) in [5.74, 6) is 4.74. The molecular weight excluding hydrogens is 116 g/mol. The predicted molar refractivity (Wildman–Crippen MR) is 36.0 cm³/mol. The van der Waals surface area contributed by atoms with Gasteiger partial charge in [0.15, 0.2) is 0 Å². The number of aliphatic hydroxyl groups excluding tert-OH is 1. The molecule has 0 aromatic heterocycles. The lowest BCUT2D eigenvalue weighted by Crippen LogP contribution is -1.83. The normalized spacial score (nSPS) is 7.33. The fourth-order valence-electron chi connectivity index (χ4n) is 0.300. The monoisotopic (exact) mass is 126 g/mol. The van der Waals surface area contributed by atoms with Gasteiger partial charge in [-0.2, -0.15) is 0 Å². The first-order chi connectivity index (χ1) is 4.18. The molecule has 0 heterocycles. The van der Waals surface area contributed by atoms with E-state index in [0.717, 1.165) is 0 Å². The topological polar surface area (TPSA) is 40.5 Å². The molecule has 0 unspecified atom stereocenters. The average molecular weight is 126 g/mol. The summed E-state index contributed by atoms with van der Waals surface area (Å²) in [6.45, 7) is 3.33. The van der Waals surface area contributed by atoms with E-state index < -0.39 is 5.95 Å². The third kappa shape index (κ3) is 3.48. The van der Waals surface area contributed by atoms with Crippen LogP contribution in [0.25, 0.3) is 0 Å². The van der Waals surface area contributed by atoms with Gasteiger partial charge >= 0.3 is 0 Å². The summed E-state index contributed by atoms with van der Waals surface area (Å²) in [4.78, 5) is 0. The molecule has 0 aromatic carbocycles. The maximum atomic E-state index is 8.41. The van der Waals surface area contributed by atoms with Crippen LogP contribution in [0.3, 0.4) is 0 Å². The molecule has 0 aliphatic carbocycles. The minimum Gasteiger partial charge on any atom is -0.481 e. The molecule has 0 aliphatic rings. The first kappa shape index (κ1) is 7.90. The minimum absolute atomic E-state index is 0.429. The SMILES string of the molecule is CC#CCC(C)=C(O)O. The molecule has 2 nitrogen and oxygen atoms in total. The zero-order chi connectivity index (χ0) is 7.28. The van der Waals surface area contributed by atoms with Gasteiger partial charge in [-0.3, -0.25) is 0 Å². The van der Waals surface area contributed by atoms with Crippen LogP contribution in [0.5, 0.6) is 0 Å². The van der Waals surface area contributed by atoms with Crippen LogP contribution in [-0.2, 0) is 0 Å². The Morgan fingerprint density at radius 1 is 1.44 bits per heavy atom. The lowest BCUT2D eigenvalue weighted by Gasteiger charge is -1.91. The molecular formula is C7H10O2. The lowest BCUT2D eigenvalue weighted by atomic mass is 10.2. The summed E-state index contributed by atoms with van der Waals surface area (Å²) in [5, 5.41) is 16.8. The molecule has 0 amide bonds. The molecule has 9 heavy (non-hydrogen) atoms. The maximum absolute atomic E-state index is 8.41. The molecule has 50 valence electrons. The van der Waals surface area contributed by atoms with E-state index in [1.807, 2.05) is 0 Å². The van der Waals surface area contributed by atoms with Crippen LogP contribution in [0.4, 0.5) is 0 Å². The number of rotatable bonds is 1. The summed E-state index contributed by atoms with van der Waals surface area (Å²) in [7, 11) is 0. The van der Waals surface area contributed by atoms with Crippen LogP contribution in [0, 0.1) is 11.8 Å². The molecule has 2 heteroatoms. The molecule has 0 fully saturated rings. The van der Waals surface area contributed by atoms with E-state index >= 15 is 0 Å². The highest BCUT2D eigenvalue weighted by Gasteiger charge is 1.92. The van der Waals surface area contributed by atoms with Crippen LogP contribution in [0.2, 0.25) is 0 Å². The molecule has 0 spiro atoms. The Hall–Kier alpha value is -1.10. The third-order valence-electron chi connectivity index (χ3n) is 0.912. The van der Waals surface area contributed by atoms with Crippen molar-refractivity contribution in [1.29, 1.82) is 0 Å². The largest absolute Gasteiger partial charge is 0.481 e. The van der Waals surface area contributed by atoms with Gasteiger partial charge in [0.05, 0.1) is 0 Å². The summed E-state index contributed by atoms with van der Waals surface area (Å²) in [5.41, 5.74) is 0.504. The standard InChI is InChI=1S/C7H10O2/c1-3-4-5-6(2)7(8)9/h8-9H,5H2,1-2H3. The highest BCUT2D eigenvalue weighted by molar-refractivity contribution is 5.10. The fraction of sp³-hybridized carbons (Fsp3) is 0.429. The van der Waals surface area contributed by atoms with Gasteiger partial charge in [0.25, 0.3) is 5.95 Å². The highest BCUT2D eigenvalue weighted by atomic mass is 16.5. The number of hydrogen-bond donors (Lipinski definition) is 2. The van der Waals surface area contributed by atoms with Crippen molar-refractivity contribution < 1.29 is 10.2 Å². The maximum Gasteiger partial charge on any atom is 0.273 e. The Bertz CT molecular complexity index is 165. The quantitative estimate of drug-likeness (QED) is 0.415. The fourth-order valence-corrected chi connectivity index (χ4v) is 0.300. The summed E-state index contributed by atoms with van der Waals surface area (Å²) in [6, 6.07) is 0. The van der Waals surface area contributed by atoms with Crippen LogP contribution in [0.15, 0.2) is 11.5 Å². The first-order valence-corrected chi connectivity index (χ1v) is 2.65. The van der Waals surface area contributed by atoms with Crippen molar-refractivity contribution in [2.24, 2.45) is 0 Å². The Morgan fingerprint density at radius 2 is 2.00 bits per heavy atom. The Balaban J connectivity index is 3.87. The van der Waals surface area contributed by atoms with Gasteiger partial charge in [-0.1, -0.05) is 5.92 Å². The second kappa shape index (κ2) is 3.85. The molecule has 2 N–H and O–H groups in total. The third-order valence-corrected chi connectivity index (χ3v) is 0.912. The molecule has 0 aromatic rings. The van der Waals surface area contributed by atoms with Gasteiger partial charge < -0.3 is 10.2 Å². The first-order valence-electron chi connectivity index (χ1n) is 2.65. The lowest BCUT2D eigenvalue weighted by molar-refractivity contribution is 0.184. The molecule has 0 saturated heterocycles. The van der Waals surface area contributed by atoms with Crippen molar-refractivity contribution in [3.63, 3.8) is 0 Å². The van der Waals surface area contributed by atoms with Crippen LogP contribution in [0.1, 0.15) is 20.3 Å². The van der Waals surface area contributed by atoms with Crippen LogP contribution >= 0.6 is 0 Å². The number of hydrogen-bond acceptors (Lipinski definition) is 2. The zero-order valence-corrected chi connectivity index (χ0v) is 5.60. The smallest absolute Gasteiger partial charge is 0.273 e. The molecule has 0 bridgehead atoms. The number of allylic oxidation sites excluding steroid dienone is 1. The van der Waals surface area contributed by atoms with Crippen molar-refractivity contribution in [1.82, 2.24) is 0 Å². The van der Waals surface area contributed by atoms with E-state index in [2.05, 4.69) is 11.8 Å². The van der Waals surface area contributed by atoms with Crippen molar-refractivity contribution in [3.05, 3.63) is 11.5 Å². The van der Waals surface area contributed by atoms with Gasteiger partial charge in [-0.25, -0.2) is 0 Å².